The van der Waals surface area contributed by atoms with Crippen molar-refractivity contribution in [2.45, 2.75) is 34.6 Å². The van der Waals surface area contributed by atoms with Crippen LogP contribution < -0.4 is 9.80 Å². The quantitative estimate of drug-likeness (QED) is 0.0947. The van der Waals surface area contributed by atoms with Crippen LogP contribution in [0.2, 0.25) is 0 Å². The molecule has 9 heteroatoms. The second-order valence-electron chi connectivity index (χ2n) is 17.7. The van der Waals surface area contributed by atoms with Gasteiger partial charge in [0.15, 0.2) is 11.4 Å². The molecule has 0 N–H and O–H groups in total. The predicted octanol–water partition coefficient (Wildman–Crippen LogP) is 17.3. The summed E-state index contributed by atoms with van der Waals surface area (Å²) in [6.07, 6.45) is 7.66. The van der Waals surface area contributed by atoms with E-state index in [-0.39, 0.29) is 0 Å². The van der Waals surface area contributed by atoms with Crippen molar-refractivity contribution in [1.29, 1.82) is 0 Å². The molecule has 340 valence electrons. The second kappa shape index (κ2) is 19.1. The van der Waals surface area contributed by atoms with E-state index in [2.05, 4.69) is 185 Å². The van der Waals surface area contributed by atoms with Crippen molar-refractivity contribution >= 4 is 116 Å². The van der Waals surface area contributed by atoms with E-state index in [9.17, 15) is 0 Å². The fourth-order valence-corrected chi connectivity index (χ4v) is 11.4. The van der Waals surface area contributed by atoms with Crippen LogP contribution >= 0.6 is 45.2 Å². The maximum Gasteiger partial charge on any atom is 0.737 e. The molecule has 0 aliphatic carbocycles. The topological polar surface area (TPSA) is 14.4 Å². The van der Waals surface area contributed by atoms with Gasteiger partial charge in [-0.3, -0.25) is 0 Å². The average molecular weight is 1130 g/mol. The summed E-state index contributed by atoms with van der Waals surface area (Å²) in [7, 11) is 0. The Morgan fingerprint density at radius 2 is 0.899 bits per heavy atom. The van der Waals surface area contributed by atoms with E-state index in [1.165, 1.54) is 8.96 Å². The highest BCUT2D eigenvalue weighted by Crippen LogP contribution is 2.50. The van der Waals surface area contributed by atoms with Gasteiger partial charge in [0.1, 0.15) is 0 Å². The Hall–Kier alpha value is -6.57. The highest BCUT2D eigenvalue weighted by Gasteiger charge is 2.57. The lowest BCUT2D eigenvalue weighted by atomic mass is 9.81. The molecule has 0 saturated heterocycles. The molecule has 2 aliphatic heterocycles. The smallest absolute Gasteiger partial charge is 0.389 e. The van der Waals surface area contributed by atoms with Gasteiger partial charge in [0.05, 0.1) is 9.15 Å². The van der Waals surface area contributed by atoms with Crippen LogP contribution in [-0.4, -0.2) is 21.6 Å². The molecule has 0 fully saturated rings. The van der Waals surface area contributed by atoms with Crippen molar-refractivity contribution in [1.82, 2.24) is 4.48 Å². The summed E-state index contributed by atoms with van der Waals surface area (Å²) < 4.78 is 40.9. The van der Waals surface area contributed by atoms with Gasteiger partial charge in [-0.15, -0.1) is 0 Å². The molecule has 0 radical (unpaired) electrons. The molecule has 7 aromatic carbocycles. The van der Waals surface area contributed by atoms with Gasteiger partial charge in [-0.1, -0.05) is 121 Å². The molecular weight excluding hydrogens is 1080 g/mol. The molecule has 69 heavy (non-hydrogen) atoms. The standard InChI is InChI=1S/C60H49BF2I2N4/c1-40-38-41(2)55(42(3)39-40)56-59-43(4)57(64)53(36-30-45-26-32-51(33-27-45)66(47-18-10-6-11-19-47)48-20-12-7-13-21-48)68(59)61(62,63)69-54(58(65)44(5)60(56)69)37-31-46-28-34-52(35-29-46)67(49-22-14-8-15-23-49)50-24-16-9-17-25-50/h6-39H,1-5H3/b36-30+,37-31+. The summed E-state index contributed by atoms with van der Waals surface area (Å²) in [5.74, 6) is 0. The first-order valence-electron chi connectivity index (χ1n) is 23.1. The van der Waals surface area contributed by atoms with Crippen LogP contribution in [-0.2, 0) is 0 Å². The van der Waals surface area contributed by atoms with Crippen LogP contribution in [0.4, 0.5) is 42.8 Å². The fraction of sp³-hybridized carbons (Fsp3) is 0.0833. The van der Waals surface area contributed by atoms with Gasteiger partial charge < -0.3 is 27.4 Å². The van der Waals surface area contributed by atoms with E-state index in [1.807, 2.05) is 111 Å². The summed E-state index contributed by atoms with van der Waals surface area (Å²) in [6, 6.07) is 62.0. The molecule has 0 bridgehead atoms. The van der Waals surface area contributed by atoms with Gasteiger partial charge >= 0.3 is 6.97 Å². The molecule has 4 nitrogen and oxygen atoms in total. The molecule has 0 unspecified atom stereocenters. The molecule has 0 saturated carbocycles. The van der Waals surface area contributed by atoms with E-state index in [1.54, 1.807) is 0 Å². The Labute approximate surface area is 431 Å². The fourth-order valence-electron chi connectivity index (χ4n) is 10.0. The van der Waals surface area contributed by atoms with Crippen molar-refractivity contribution in [2.24, 2.45) is 0 Å². The molecule has 1 aromatic heterocycles. The van der Waals surface area contributed by atoms with Crippen molar-refractivity contribution in [3.63, 3.8) is 0 Å². The first kappa shape index (κ1) is 46.2. The highest BCUT2D eigenvalue weighted by atomic mass is 127. The minimum Gasteiger partial charge on any atom is -0.389 e. The molecule has 2 aliphatic rings. The number of aromatic nitrogens is 1. The number of benzene rings is 7. The summed E-state index contributed by atoms with van der Waals surface area (Å²) in [5.41, 5.74) is 16.8. The number of para-hydroxylation sites is 4. The zero-order valence-corrected chi connectivity index (χ0v) is 43.3. The second-order valence-corrected chi connectivity index (χ2v) is 19.8. The van der Waals surface area contributed by atoms with Crippen LogP contribution in [0.25, 0.3) is 23.8 Å². The Balaban J connectivity index is 1.08. The van der Waals surface area contributed by atoms with Crippen molar-refractivity contribution < 1.29 is 13.1 Å². The normalized spacial score (nSPS) is 14.3. The Kier molecular flexibility index (Phi) is 12.8. The minimum atomic E-state index is -4.41. The number of aryl methyl sites for hydroxylation is 3. The van der Waals surface area contributed by atoms with Gasteiger partial charge in [-0.2, -0.15) is 0 Å². The lowest BCUT2D eigenvalue weighted by molar-refractivity contribution is -0.362. The van der Waals surface area contributed by atoms with Crippen molar-refractivity contribution in [2.75, 3.05) is 9.80 Å². The number of fused-ring (bicyclic) bond motifs is 2. The number of rotatable bonds is 11. The lowest BCUT2D eigenvalue weighted by Crippen LogP contribution is -2.51. The van der Waals surface area contributed by atoms with E-state index in [0.29, 0.717) is 22.8 Å². The molecule has 3 heterocycles. The number of allylic oxidation sites excluding steroid dienone is 3. The van der Waals surface area contributed by atoms with Crippen LogP contribution in [0.1, 0.15) is 57.3 Å². The van der Waals surface area contributed by atoms with Gasteiger partial charge in [0.25, 0.3) is 0 Å². The van der Waals surface area contributed by atoms with Crippen molar-refractivity contribution in [3.05, 3.63) is 257 Å². The molecular formula is C60H49BF2I2N4. The zero-order valence-electron chi connectivity index (χ0n) is 39.0. The monoisotopic (exact) mass is 1130 g/mol. The van der Waals surface area contributed by atoms with E-state index in [4.69, 9.17) is 0 Å². The van der Waals surface area contributed by atoms with E-state index in [0.717, 1.165) is 91.4 Å². The summed E-state index contributed by atoms with van der Waals surface area (Å²) in [6.45, 7) is 5.87. The Bertz CT molecular complexity index is 3290. The first-order valence-corrected chi connectivity index (χ1v) is 25.2. The van der Waals surface area contributed by atoms with E-state index >= 15 is 8.63 Å². The van der Waals surface area contributed by atoms with Crippen molar-refractivity contribution in [3.8, 4) is 0 Å². The lowest BCUT2D eigenvalue weighted by Gasteiger charge is -2.34. The van der Waals surface area contributed by atoms with Crippen LogP contribution in [0, 0.1) is 31.3 Å². The highest BCUT2D eigenvalue weighted by molar-refractivity contribution is 14.1. The number of hydrogen-bond acceptors (Lipinski definition) is 2. The third-order valence-corrected chi connectivity index (χ3v) is 15.8. The number of hydrogen-bond donors (Lipinski definition) is 0. The molecule has 0 atom stereocenters. The third-order valence-electron chi connectivity index (χ3n) is 13.1. The summed E-state index contributed by atoms with van der Waals surface area (Å²) in [5, 5.41) is 0. The first-order chi connectivity index (χ1) is 33.4. The minimum absolute atomic E-state index is 0.478. The molecule has 8 aromatic rings. The predicted molar refractivity (Wildman–Crippen MR) is 304 cm³/mol. The number of anilines is 6. The van der Waals surface area contributed by atoms with Gasteiger partial charge in [0.2, 0.25) is 0 Å². The third kappa shape index (κ3) is 8.54. The van der Waals surface area contributed by atoms with E-state index < -0.39 is 6.97 Å². The average Bonchev–Trinajstić information content (AvgIpc) is 3.77. The van der Waals surface area contributed by atoms with Gasteiger partial charge in [-0.05, 0) is 198 Å². The van der Waals surface area contributed by atoms with Crippen LogP contribution in [0.5, 0.6) is 0 Å². The Morgan fingerprint density at radius 1 is 0.507 bits per heavy atom. The Morgan fingerprint density at radius 3 is 1.32 bits per heavy atom. The van der Waals surface area contributed by atoms with Crippen LogP contribution in [0.3, 0.4) is 0 Å². The number of nitrogens with zero attached hydrogens (tertiary/aromatic N) is 4. The summed E-state index contributed by atoms with van der Waals surface area (Å²) in [4.78, 5) is 4.42. The SMILES string of the molecule is CC1=C(I)C(/C=C/c2ccc(N(c3ccccc3)c3ccccc3)cc2)=[N+]2C1=C(c1c(C)cc(C)cc1C)c1c(C)c(I)c(/C=C/c3ccc(N(c4ccccc4)c4ccccc4)cc3)n1[B-]2(F)F. The largest absolute Gasteiger partial charge is 0.737 e. The summed E-state index contributed by atoms with van der Waals surface area (Å²) >= 11 is 4.56. The molecule has 0 spiro atoms. The zero-order chi connectivity index (χ0) is 48.0. The molecule has 0 amide bonds. The van der Waals surface area contributed by atoms with Gasteiger partial charge in [0, 0.05) is 60.7 Å². The van der Waals surface area contributed by atoms with Crippen LogP contribution in [0.15, 0.2) is 203 Å². The molecule has 10 rings (SSSR count). The maximum absolute atomic E-state index is 18.3. The maximum atomic E-state index is 18.3. The number of halogens is 4. The van der Waals surface area contributed by atoms with Gasteiger partial charge in [-0.25, -0.2) is 0 Å².